The first-order chi connectivity index (χ1) is 18.1. The lowest BCUT2D eigenvalue weighted by Crippen LogP contribution is -2.31. The fourth-order valence-corrected chi connectivity index (χ4v) is 5.80. The van der Waals surface area contributed by atoms with Crippen molar-refractivity contribution in [3.8, 4) is 0 Å². The van der Waals surface area contributed by atoms with Gasteiger partial charge in [-0.25, -0.2) is 16.8 Å². The summed E-state index contributed by atoms with van der Waals surface area (Å²) in [6.45, 7) is 0.0392. The first kappa shape index (κ1) is 30.5. The van der Waals surface area contributed by atoms with Crippen molar-refractivity contribution >= 4 is 66.2 Å². The van der Waals surface area contributed by atoms with Gasteiger partial charge >= 0.3 is 6.18 Å². The maximum atomic E-state index is 13.1. The van der Waals surface area contributed by atoms with E-state index in [1.807, 2.05) is 0 Å². The van der Waals surface area contributed by atoms with Crippen molar-refractivity contribution in [1.29, 1.82) is 0 Å². The van der Waals surface area contributed by atoms with Crippen LogP contribution < -0.4 is 14.3 Å². The van der Waals surface area contributed by atoms with Gasteiger partial charge in [0.25, 0.3) is 10.0 Å². The van der Waals surface area contributed by atoms with Gasteiger partial charge in [-0.05, 0) is 73.2 Å². The third-order valence-corrected chi connectivity index (χ3v) is 8.43. The van der Waals surface area contributed by atoms with Gasteiger partial charge in [0.05, 0.1) is 27.4 Å². The van der Waals surface area contributed by atoms with Gasteiger partial charge in [-0.15, -0.1) is 0 Å². The van der Waals surface area contributed by atoms with E-state index >= 15 is 0 Å². The molecule has 0 fully saturated rings. The molecule has 0 aliphatic heterocycles. The van der Waals surface area contributed by atoms with E-state index in [4.69, 9.17) is 23.2 Å². The molecule has 3 aromatic carbocycles. The Labute approximate surface area is 233 Å². The van der Waals surface area contributed by atoms with Crippen LogP contribution in [-0.2, 0) is 31.0 Å². The second-order valence-electron chi connectivity index (χ2n) is 8.29. The Morgan fingerprint density at radius 3 is 2.05 bits per heavy atom. The van der Waals surface area contributed by atoms with E-state index in [1.165, 1.54) is 24.3 Å². The van der Waals surface area contributed by atoms with Gasteiger partial charge in [-0.2, -0.15) is 13.2 Å². The number of anilines is 3. The molecular formula is C24H22Cl2F3N3O5S2. The third kappa shape index (κ3) is 8.49. The topological polar surface area (TPSA) is 113 Å². The van der Waals surface area contributed by atoms with Crippen molar-refractivity contribution in [3.05, 3.63) is 82.3 Å². The summed E-state index contributed by atoms with van der Waals surface area (Å²) in [6, 6.07) is 13.8. The zero-order chi connectivity index (χ0) is 29.0. The molecule has 0 spiro atoms. The summed E-state index contributed by atoms with van der Waals surface area (Å²) in [7, 11) is -7.85. The van der Waals surface area contributed by atoms with Gasteiger partial charge < -0.3 is 5.32 Å². The van der Waals surface area contributed by atoms with Gasteiger partial charge in [0.1, 0.15) is 0 Å². The average Bonchev–Trinajstić information content (AvgIpc) is 2.82. The SMILES string of the molecule is CS(=O)(=O)N(CCCC(=O)Nc1ccc(S(=O)(=O)Nc2ccc(Cl)c(C(F)(F)F)c2)cc1)c1ccc(Cl)cc1. The molecule has 210 valence electrons. The Bertz CT molecular complexity index is 1550. The third-order valence-electron chi connectivity index (χ3n) is 5.25. The molecule has 0 heterocycles. The molecule has 0 saturated carbocycles. The lowest BCUT2D eigenvalue weighted by Gasteiger charge is -2.22. The van der Waals surface area contributed by atoms with E-state index < -0.39 is 42.7 Å². The average molecular weight is 624 g/mol. The molecule has 8 nitrogen and oxygen atoms in total. The van der Waals surface area contributed by atoms with Crippen LogP contribution in [0.2, 0.25) is 10.0 Å². The number of nitrogens with zero attached hydrogens (tertiary/aromatic N) is 1. The van der Waals surface area contributed by atoms with Crippen LogP contribution in [-0.4, -0.2) is 35.5 Å². The predicted molar refractivity (Wildman–Crippen MR) is 145 cm³/mol. The number of carbonyl (C=O) groups is 1. The molecule has 0 saturated heterocycles. The highest BCUT2D eigenvalue weighted by Gasteiger charge is 2.33. The van der Waals surface area contributed by atoms with Crippen molar-refractivity contribution in [2.45, 2.75) is 23.9 Å². The van der Waals surface area contributed by atoms with Gasteiger partial charge in [0.15, 0.2) is 0 Å². The number of sulfonamides is 2. The standard InChI is InChI=1S/C24H22Cl2F3N3O5S2/c1-38(34,35)32(19-9-4-16(25)5-10-19)14-2-3-23(33)30-17-6-11-20(12-7-17)39(36,37)31-18-8-13-22(26)21(15-18)24(27,28)29/h4-13,15,31H,2-3,14H2,1H3,(H,30,33). The van der Waals surface area contributed by atoms with E-state index in [9.17, 15) is 34.8 Å². The molecule has 2 N–H and O–H groups in total. The molecule has 0 bridgehead atoms. The van der Waals surface area contributed by atoms with E-state index in [0.717, 1.165) is 22.7 Å². The number of carbonyl (C=O) groups excluding carboxylic acids is 1. The van der Waals surface area contributed by atoms with Crippen LogP contribution in [0.5, 0.6) is 0 Å². The minimum absolute atomic E-state index is 0.0285. The van der Waals surface area contributed by atoms with Crippen LogP contribution in [0.1, 0.15) is 18.4 Å². The van der Waals surface area contributed by atoms with Gasteiger partial charge in [-0.1, -0.05) is 23.2 Å². The van der Waals surface area contributed by atoms with E-state index in [1.54, 1.807) is 24.3 Å². The fraction of sp³-hybridized carbons (Fsp3) is 0.208. The van der Waals surface area contributed by atoms with Crippen molar-refractivity contribution in [3.63, 3.8) is 0 Å². The highest BCUT2D eigenvalue weighted by molar-refractivity contribution is 7.92. The highest BCUT2D eigenvalue weighted by Crippen LogP contribution is 2.36. The monoisotopic (exact) mass is 623 g/mol. The minimum Gasteiger partial charge on any atom is -0.326 e. The van der Waals surface area contributed by atoms with Crippen LogP contribution in [0.3, 0.4) is 0 Å². The molecule has 0 atom stereocenters. The van der Waals surface area contributed by atoms with Gasteiger partial charge in [-0.3, -0.25) is 13.8 Å². The second-order valence-corrected chi connectivity index (χ2v) is 12.7. The number of alkyl halides is 3. The molecule has 15 heteroatoms. The molecule has 1 amide bonds. The molecule has 39 heavy (non-hydrogen) atoms. The van der Waals surface area contributed by atoms with Crippen LogP contribution >= 0.6 is 23.2 Å². The normalized spacial score (nSPS) is 12.2. The Morgan fingerprint density at radius 2 is 1.49 bits per heavy atom. The van der Waals surface area contributed by atoms with Crippen LogP contribution in [0, 0.1) is 0 Å². The van der Waals surface area contributed by atoms with E-state index in [2.05, 4.69) is 10.0 Å². The predicted octanol–water partition coefficient (Wildman–Crippen LogP) is 6.00. The zero-order valence-electron chi connectivity index (χ0n) is 20.2. The zero-order valence-corrected chi connectivity index (χ0v) is 23.3. The van der Waals surface area contributed by atoms with E-state index in [0.29, 0.717) is 16.8 Å². The molecule has 0 aliphatic carbocycles. The van der Waals surface area contributed by atoms with Gasteiger partial charge in [0.2, 0.25) is 15.9 Å². The molecule has 0 aromatic heterocycles. The quantitative estimate of drug-likeness (QED) is 0.288. The summed E-state index contributed by atoms with van der Waals surface area (Å²) in [5, 5.41) is 2.46. The van der Waals surface area contributed by atoms with Crippen LogP contribution in [0.15, 0.2) is 71.6 Å². The van der Waals surface area contributed by atoms with Crippen molar-refractivity contribution in [2.75, 3.05) is 27.1 Å². The minimum atomic E-state index is -4.77. The Balaban J connectivity index is 1.60. The maximum Gasteiger partial charge on any atom is 0.417 e. The van der Waals surface area contributed by atoms with Crippen molar-refractivity contribution < 1.29 is 34.8 Å². The van der Waals surface area contributed by atoms with Crippen LogP contribution in [0.25, 0.3) is 0 Å². The number of rotatable bonds is 10. The number of hydrogen-bond acceptors (Lipinski definition) is 5. The molecule has 3 rings (SSSR count). The number of nitrogens with one attached hydrogen (secondary N) is 2. The number of hydrogen-bond donors (Lipinski definition) is 2. The van der Waals surface area contributed by atoms with Gasteiger partial charge in [0, 0.05) is 29.4 Å². The summed E-state index contributed by atoms with van der Waals surface area (Å²) in [4.78, 5) is 12.1. The number of halogens is 5. The second kappa shape index (κ2) is 12.0. The number of amides is 1. The fourth-order valence-electron chi connectivity index (χ4n) is 3.44. The summed E-state index contributed by atoms with van der Waals surface area (Å²) < 4.78 is 92.0. The largest absolute Gasteiger partial charge is 0.417 e. The summed E-state index contributed by atoms with van der Waals surface area (Å²) >= 11 is 11.4. The van der Waals surface area contributed by atoms with Crippen LogP contribution in [0.4, 0.5) is 30.2 Å². The lowest BCUT2D eigenvalue weighted by molar-refractivity contribution is -0.137. The highest BCUT2D eigenvalue weighted by atomic mass is 35.5. The van der Waals surface area contributed by atoms with E-state index in [-0.39, 0.29) is 35.7 Å². The molecule has 3 aromatic rings. The van der Waals surface area contributed by atoms with Crippen molar-refractivity contribution in [2.24, 2.45) is 0 Å². The Kier molecular flexibility index (Phi) is 9.42. The maximum absolute atomic E-state index is 13.1. The lowest BCUT2D eigenvalue weighted by atomic mass is 10.2. The molecule has 0 aliphatic rings. The number of benzene rings is 3. The smallest absolute Gasteiger partial charge is 0.326 e. The summed E-state index contributed by atoms with van der Waals surface area (Å²) in [5.41, 5.74) is -0.843. The summed E-state index contributed by atoms with van der Waals surface area (Å²) in [5.74, 6) is -0.436. The Morgan fingerprint density at radius 1 is 0.897 bits per heavy atom. The van der Waals surface area contributed by atoms with Crippen molar-refractivity contribution in [1.82, 2.24) is 0 Å². The Hall–Kier alpha value is -3.00. The molecule has 0 radical (unpaired) electrons. The summed E-state index contributed by atoms with van der Waals surface area (Å²) in [6.07, 6.45) is -3.55. The first-order valence-corrected chi connectivity index (χ1v) is 15.2. The molecule has 0 unspecified atom stereocenters. The first-order valence-electron chi connectivity index (χ1n) is 11.1. The molecular weight excluding hydrogens is 602 g/mol.